The van der Waals surface area contributed by atoms with Crippen LogP contribution in [0.3, 0.4) is 0 Å². The zero-order chi connectivity index (χ0) is 9.97. The van der Waals surface area contributed by atoms with Crippen molar-refractivity contribution in [3.8, 4) is 11.1 Å². The Morgan fingerprint density at radius 3 is 2.43 bits per heavy atom. The van der Waals surface area contributed by atoms with Crippen LogP contribution in [0.4, 0.5) is 0 Å². The summed E-state index contributed by atoms with van der Waals surface area (Å²) in [7, 11) is 0. The molecule has 0 aliphatic heterocycles. The summed E-state index contributed by atoms with van der Waals surface area (Å²) >= 11 is 1.59. The van der Waals surface area contributed by atoms with Gasteiger partial charge in [0.15, 0.2) is 0 Å². The maximum absolute atomic E-state index is 4.21. The van der Waals surface area contributed by atoms with Gasteiger partial charge in [-0.1, -0.05) is 29.8 Å². The Labute approximate surface area is 88.1 Å². The van der Waals surface area contributed by atoms with E-state index in [1.165, 1.54) is 16.7 Å². The first-order valence-electron chi connectivity index (χ1n) is 4.46. The molecule has 72 valence electrons. The number of aryl methyl sites for hydroxylation is 1. The Balaban J connectivity index is 2.34. The minimum atomic E-state index is 1.17. The zero-order valence-corrected chi connectivity index (χ0v) is 9.08. The molecule has 2 rings (SSSR count). The molecule has 0 aliphatic rings. The Morgan fingerprint density at radius 2 is 1.86 bits per heavy atom. The molecule has 3 heteroatoms. The van der Waals surface area contributed by atoms with Gasteiger partial charge in [0.1, 0.15) is 0 Å². The minimum Gasteiger partial charge on any atom is -0.214 e. The highest BCUT2D eigenvalue weighted by molar-refractivity contribution is 7.97. The number of hydrogen-bond acceptors (Lipinski definition) is 2. The summed E-state index contributed by atoms with van der Waals surface area (Å²) in [6.07, 6.45) is 5.93. The van der Waals surface area contributed by atoms with Crippen molar-refractivity contribution in [1.29, 1.82) is 0 Å². The van der Waals surface area contributed by atoms with Gasteiger partial charge in [-0.25, -0.2) is 4.09 Å². The number of rotatable bonds is 2. The Kier molecular flexibility index (Phi) is 2.59. The molecule has 0 unspecified atom stereocenters. The molecule has 2 nitrogen and oxygen atoms in total. The predicted molar refractivity (Wildman–Crippen MR) is 61.3 cm³/mol. The minimum absolute atomic E-state index is 1.17. The summed E-state index contributed by atoms with van der Waals surface area (Å²) in [5.41, 5.74) is 3.67. The second-order valence-electron chi connectivity index (χ2n) is 3.18. The lowest BCUT2D eigenvalue weighted by Gasteiger charge is -1.97. The molecule has 0 saturated heterocycles. The lowest BCUT2D eigenvalue weighted by Crippen LogP contribution is -1.81. The first-order chi connectivity index (χ1) is 6.79. The van der Waals surface area contributed by atoms with E-state index in [2.05, 4.69) is 36.3 Å². The summed E-state index contributed by atoms with van der Waals surface area (Å²) in [6.45, 7) is 2.09. The molecule has 0 atom stereocenters. The lowest BCUT2D eigenvalue weighted by atomic mass is 10.1. The maximum Gasteiger partial charge on any atom is 0.0578 e. The van der Waals surface area contributed by atoms with Gasteiger partial charge in [-0.2, -0.15) is 5.10 Å². The second kappa shape index (κ2) is 3.88. The van der Waals surface area contributed by atoms with Gasteiger partial charge in [0.25, 0.3) is 0 Å². The van der Waals surface area contributed by atoms with Crippen molar-refractivity contribution in [3.05, 3.63) is 42.2 Å². The van der Waals surface area contributed by atoms with Crippen LogP contribution >= 0.6 is 11.9 Å². The molecular formula is C11H12N2S. The molecule has 0 radical (unpaired) electrons. The highest BCUT2D eigenvalue weighted by Gasteiger charge is 2.00. The van der Waals surface area contributed by atoms with Gasteiger partial charge < -0.3 is 0 Å². The molecule has 1 heterocycles. The summed E-state index contributed by atoms with van der Waals surface area (Å²) in [5.74, 6) is 0. The molecule has 0 spiro atoms. The molecule has 0 bridgehead atoms. The van der Waals surface area contributed by atoms with Crippen molar-refractivity contribution in [2.45, 2.75) is 6.92 Å². The van der Waals surface area contributed by atoms with E-state index in [9.17, 15) is 0 Å². The third-order valence-electron chi connectivity index (χ3n) is 2.13. The van der Waals surface area contributed by atoms with Crippen LogP contribution in [-0.4, -0.2) is 15.4 Å². The first-order valence-corrected chi connectivity index (χ1v) is 5.64. The van der Waals surface area contributed by atoms with Gasteiger partial charge in [-0.15, -0.1) is 0 Å². The number of aromatic nitrogens is 2. The van der Waals surface area contributed by atoms with E-state index in [1.807, 2.05) is 22.7 Å². The fourth-order valence-corrected chi connectivity index (χ4v) is 1.66. The van der Waals surface area contributed by atoms with Gasteiger partial charge in [0, 0.05) is 18.0 Å². The van der Waals surface area contributed by atoms with Crippen LogP contribution in [0.5, 0.6) is 0 Å². The van der Waals surface area contributed by atoms with E-state index in [1.54, 1.807) is 11.9 Å². The largest absolute Gasteiger partial charge is 0.214 e. The highest BCUT2D eigenvalue weighted by Crippen LogP contribution is 2.19. The van der Waals surface area contributed by atoms with Gasteiger partial charge >= 0.3 is 0 Å². The third kappa shape index (κ3) is 1.82. The van der Waals surface area contributed by atoms with Gasteiger partial charge in [0.2, 0.25) is 0 Å². The maximum atomic E-state index is 4.21. The van der Waals surface area contributed by atoms with Crippen molar-refractivity contribution >= 4 is 11.9 Å². The van der Waals surface area contributed by atoms with Crippen molar-refractivity contribution in [2.75, 3.05) is 6.26 Å². The van der Waals surface area contributed by atoms with Crippen LogP contribution in [-0.2, 0) is 0 Å². The van der Waals surface area contributed by atoms with Crippen LogP contribution in [0, 0.1) is 6.92 Å². The van der Waals surface area contributed by atoms with E-state index in [-0.39, 0.29) is 0 Å². The molecule has 2 aromatic rings. The van der Waals surface area contributed by atoms with Gasteiger partial charge in [0.05, 0.1) is 6.20 Å². The van der Waals surface area contributed by atoms with Crippen LogP contribution in [0.1, 0.15) is 5.56 Å². The van der Waals surface area contributed by atoms with Crippen molar-refractivity contribution in [2.24, 2.45) is 0 Å². The molecule has 1 aromatic heterocycles. The molecule has 0 N–H and O–H groups in total. The SMILES string of the molecule is CSn1cc(-c2ccc(C)cc2)cn1. The number of hydrogen-bond donors (Lipinski definition) is 0. The Bertz CT molecular complexity index is 417. The summed E-state index contributed by atoms with van der Waals surface area (Å²) in [5, 5.41) is 4.21. The van der Waals surface area contributed by atoms with Gasteiger partial charge in [-0.3, -0.25) is 0 Å². The van der Waals surface area contributed by atoms with Crippen molar-refractivity contribution in [1.82, 2.24) is 9.19 Å². The summed E-state index contributed by atoms with van der Waals surface area (Å²) < 4.78 is 1.86. The number of nitrogens with zero attached hydrogens (tertiary/aromatic N) is 2. The Morgan fingerprint density at radius 1 is 1.14 bits per heavy atom. The van der Waals surface area contributed by atoms with Crippen LogP contribution in [0.15, 0.2) is 36.7 Å². The topological polar surface area (TPSA) is 17.8 Å². The smallest absolute Gasteiger partial charge is 0.0578 e. The van der Waals surface area contributed by atoms with E-state index >= 15 is 0 Å². The van der Waals surface area contributed by atoms with Crippen molar-refractivity contribution < 1.29 is 0 Å². The van der Waals surface area contributed by atoms with Crippen LogP contribution in [0.2, 0.25) is 0 Å². The molecule has 1 aromatic carbocycles. The van der Waals surface area contributed by atoms with E-state index in [4.69, 9.17) is 0 Å². The second-order valence-corrected chi connectivity index (χ2v) is 3.92. The summed E-state index contributed by atoms with van der Waals surface area (Å²) in [4.78, 5) is 0. The predicted octanol–water partition coefficient (Wildman–Crippen LogP) is 2.98. The van der Waals surface area contributed by atoms with Gasteiger partial charge in [-0.05, 0) is 24.4 Å². The molecule has 14 heavy (non-hydrogen) atoms. The molecule has 0 amide bonds. The fourth-order valence-electron chi connectivity index (χ4n) is 1.30. The average Bonchev–Trinajstić information content (AvgIpc) is 2.67. The van der Waals surface area contributed by atoms with E-state index < -0.39 is 0 Å². The standard InChI is InChI=1S/C11H12N2S/c1-9-3-5-10(6-4-9)11-7-12-13(8-11)14-2/h3-8H,1-2H3. The van der Waals surface area contributed by atoms with Crippen LogP contribution < -0.4 is 0 Å². The van der Waals surface area contributed by atoms with E-state index in [0.29, 0.717) is 0 Å². The molecule has 0 saturated carbocycles. The quantitative estimate of drug-likeness (QED) is 0.748. The third-order valence-corrected chi connectivity index (χ3v) is 2.71. The highest BCUT2D eigenvalue weighted by atomic mass is 32.2. The molecule has 0 fully saturated rings. The normalized spacial score (nSPS) is 10.4. The first kappa shape index (κ1) is 9.34. The molecule has 0 aliphatic carbocycles. The fraction of sp³-hybridized carbons (Fsp3) is 0.182. The molecular weight excluding hydrogens is 192 g/mol. The van der Waals surface area contributed by atoms with Crippen LogP contribution in [0.25, 0.3) is 11.1 Å². The average molecular weight is 204 g/mol. The van der Waals surface area contributed by atoms with E-state index in [0.717, 1.165) is 0 Å². The summed E-state index contributed by atoms with van der Waals surface area (Å²) in [6, 6.07) is 8.48. The monoisotopic (exact) mass is 204 g/mol. The zero-order valence-electron chi connectivity index (χ0n) is 8.27. The van der Waals surface area contributed by atoms with Crippen molar-refractivity contribution in [3.63, 3.8) is 0 Å². The lowest BCUT2D eigenvalue weighted by molar-refractivity contribution is 1.01. The Hall–Kier alpha value is -1.22. The number of benzene rings is 1.